The lowest BCUT2D eigenvalue weighted by Crippen LogP contribution is -2.46. The molecule has 1 saturated heterocycles. The highest BCUT2D eigenvalue weighted by Crippen LogP contribution is 2.35. The number of nitrogens with one attached hydrogen (secondary N) is 1. The van der Waals surface area contributed by atoms with E-state index in [1.54, 1.807) is 6.92 Å². The van der Waals surface area contributed by atoms with Crippen molar-refractivity contribution >= 4 is 17.3 Å². The summed E-state index contributed by atoms with van der Waals surface area (Å²) < 4.78 is 5.54. The number of aliphatic hydroxyl groups is 1. The van der Waals surface area contributed by atoms with Gasteiger partial charge in [-0.2, -0.15) is 0 Å². The highest BCUT2D eigenvalue weighted by atomic mass is 35.5. The number of hydrogen-bond acceptors (Lipinski definition) is 4. The maximum Gasteiger partial charge on any atom is 0.121 e. The molecule has 1 aliphatic heterocycles. The summed E-state index contributed by atoms with van der Waals surface area (Å²) in [5.74, 6) is 0.677. The van der Waals surface area contributed by atoms with Crippen molar-refractivity contribution in [3.8, 4) is 5.75 Å². The van der Waals surface area contributed by atoms with E-state index in [1.165, 1.54) is 5.56 Å². The molecule has 2 aromatic carbocycles. The van der Waals surface area contributed by atoms with Crippen LogP contribution >= 0.6 is 11.6 Å². The summed E-state index contributed by atoms with van der Waals surface area (Å²) >= 11 is 6.53. The van der Waals surface area contributed by atoms with Crippen molar-refractivity contribution in [3.05, 3.63) is 59.1 Å². The number of anilines is 1. The van der Waals surface area contributed by atoms with Crippen LogP contribution in [0.25, 0.3) is 0 Å². The summed E-state index contributed by atoms with van der Waals surface area (Å²) in [6.45, 7) is 4.67. The number of benzene rings is 2. The third kappa shape index (κ3) is 4.01. The number of hydrogen-bond donors (Lipinski definition) is 2. The fourth-order valence-corrected chi connectivity index (χ4v) is 3.27. The van der Waals surface area contributed by atoms with Crippen molar-refractivity contribution in [2.75, 3.05) is 31.1 Å². The minimum atomic E-state index is -0.501. The van der Waals surface area contributed by atoms with Gasteiger partial charge >= 0.3 is 0 Å². The van der Waals surface area contributed by atoms with Crippen LogP contribution in [-0.4, -0.2) is 37.5 Å². The van der Waals surface area contributed by atoms with Crippen LogP contribution in [0, 0.1) is 0 Å². The first-order chi connectivity index (χ1) is 11.6. The molecule has 0 bridgehead atoms. The van der Waals surface area contributed by atoms with E-state index in [0.717, 1.165) is 25.3 Å². The summed E-state index contributed by atoms with van der Waals surface area (Å²) in [6, 6.07) is 16.5. The van der Waals surface area contributed by atoms with E-state index in [-0.39, 0.29) is 12.6 Å². The molecule has 4 nitrogen and oxygen atoms in total. The van der Waals surface area contributed by atoms with E-state index in [4.69, 9.17) is 16.3 Å². The Labute approximate surface area is 148 Å². The van der Waals surface area contributed by atoms with Gasteiger partial charge in [-0.05, 0) is 24.6 Å². The molecule has 2 aromatic rings. The Morgan fingerprint density at radius 3 is 2.79 bits per heavy atom. The molecule has 128 valence electrons. The molecular weight excluding hydrogens is 324 g/mol. The lowest BCUT2D eigenvalue weighted by atomic mass is 10.0. The van der Waals surface area contributed by atoms with E-state index in [1.807, 2.05) is 24.3 Å². The summed E-state index contributed by atoms with van der Waals surface area (Å²) in [4.78, 5) is 2.34. The Bertz CT molecular complexity index is 664. The van der Waals surface area contributed by atoms with E-state index in [2.05, 4.69) is 34.5 Å². The average molecular weight is 347 g/mol. The highest BCUT2D eigenvalue weighted by Gasteiger charge is 2.25. The molecule has 1 heterocycles. The van der Waals surface area contributed by atoms with Crippen molar-refractivity contribution in [2.45, 2.75) is 19.1 Å². The lowest BCUT2D eigenvalue weighted by molar-refractivity contribution is 0.123. The third-order valence-corrected chi connectivity index (χ3v) is 4.45. The minimum Gasteiger partial charge on any atom is -0.491 e. The van der Waals surface area contributed by atoms with Gasteiger partial charge in [0.25, 0.3) is 0 Å². The van der Waals surface area contributed by atoms with Crippen molar-refractivity contribution in [2.24, 2.45) is 0 Å². The normalized spacial score (nSPS) is 19.1. The van der Waals surface area contributed by atoms with Gasteiger partial charge < -0.3 is 20.1 Å². The summed E-state index contributed by atoms with van der Waals surface area (Å²) in [7, 11) is 0. The Morgan fingerprint density at radius 2 is 2.08 bits per heavy atom. The van der Waals surface area contributed by atoms with Crippen molar-refractivity contribution in [1.29, 1.82) is 0 Å². The molecule has 0 unspecified atom stereocenters. The zero-order chi connectivity index (χ0) is 16.9. The zero-order valence-electron chi connectivity index (χ0n) is 13.8. The molecule has 0 spiro atoms. The molecule has 0 amide bonds. The largest absolute Gasteiger partial charge is 0.491 e. The maximum absolute atomic E-state index is 9.33. The number of nitrogens with zero attached hydrogens (tertiary/aromatic N) is 1. The Kier molecular flexibility index (Phi) is 5.61. The molecule has 24 heavy (non-hydrogen) atoms. The molecule has 0 radical (unpaired) electrons. The second-order valence-corrected chi connectivity index (χ2v) is 6.50. The lowest BCUT2D eigenvalue weighted by Gasteiger charge is -2.38. The van der Waals surface area contributed by atoms with Crippen LogP contribution in [0.5, 0.6) is 5.75 Å². The zero-order valence-corrected chi connectivity index (χ0v) is 14.5. The van der Waals surface area contributed by atoms with Crippen LogP contribution in [-0.2, 0) is 0 Å². The smallest absolute Gasteiger partial charge is 0.121 e. The van der Waals surface area contributed by atoms with Crippen LogP contribution in [0.1, 0.15) is 18.5 Å². The summed E-state index contributed by atoms with van der Waals surface area (Å²) in [5, 5.41) is 13.5. The van der Waals surface area contributed by atoms with E-state index >= 15 is 0 Å². The third-order valence-electron chi connectivity index (χ3n) is 4.15. The van der Waals surface area contributed by atoms with Crippen LogP contribution in [0.3, 0.4) is 0 Å². The predicted octanol–water partition coefficient (Wildman–Crippen LogP) is 3.25. The van der Waals surface area contributed by atoms with E-state index in [0.29, 0.717) is 10.8 Å². The SMILES string of the molecule is C[C@H](O)COc1ccc(N2CCNC[C@H]2c2ccccc2)c(Cl)c1. The van der Waals surface area contributed by atoms with Crippen molar-refractivity contribution < 1.29 is 9.84 Å². The number of ether oxygens (including phenoxy) is 1. The molecule has 5 heteroatoms. The van der Waals surface area contributed by atoms with E-state index in [9.17, 15) is 5.11 Å². The van der Waals surface area contributed by atoms with Crippen LogP contribution in [0.2, 0.25) is 5.02 Å². The number of rotatable bonds is 5. The average Bonchev–Trinajstić information content (AvgIpc) is 2.61. The molecule has 1 fully saturated rings. The molecular formula is C19H23ClN2O2. The maximum atomic E-state index is 9.33. The van der Waals surface area contributed by atoms with Crippen LogP contribution in [0.15, 0.2) is 48.5 Å². The molecule has 2 N–H and O–H groups in total. The van der Waals surface area contributed by atoms with Gasteiger partial charge in [0, 0.05) is 25.7 Å². The molecule has 0 saturated carbocycles. The molecule has 2 atom stereocenters. The minimum absolute atomic E-state index is 0.252. The van der Waals surface area contributed by atoms with Gasteiger partial charge in [0.15, 0.2) is 0 Å². The van der Waals surface area contributed by atoms with Crippen molar-refractivity contribution in [1.82, 2.24) is 5.32 Å². The first-order valence-corrected chi connectivity index (χ1v) is 8.65. The molecule has 3 rings (SSSR count). The fourth-order valence-electron chi connectivity index (χ4n) is 2.99. The van der Waals surface area contributed by atoms with E-state index < -0.39 is 6.10 Å². The fraction of sp³-hybridized carbons (Fsp3) is 0.368. The van der Waals surface area contributed by atoms with Crippen LogP contribution < -0.4 is 15.0 Å². The topological polar surface area (TPSA) is 44.7 Å². The van der Waals surface area contributed by atoms with Gasteiger partial charge in [0.05, 0.1) is 22.9 Å². The Morgan fingerprint density at radius 1 is 1.29 bits per heavy atom. The van der Waals surface area contributed by atoms with Gasteiger partial charge in [-0.3, -0.25) is 0 Å². The second-order valence-electron chi connectivity index (χ2n) is 6.10. The van der Waals surface area contributed by atoms with Gasteiger partial charge in [-0.1, -0.05) is 41.9 Å². The van der Waals surface area contributed by atoms with Crippen molar-refractivity contribution in [3.63, 3.8) is 0 Å². The Hall–Kier alpha value is -1.75. The van der Waals surface area contributed by atoms with Gasteiger partial charge in [-0.15, -0.1) is 0 Å². The van der Waals surface area contributed by atoms with Gasteiger partial charge in [0.1, 0.15) is 12.4 Å². The first kappa shape index (κ1) is 17.1. The van der Waals surface area contributed by atoms with Gasteiger partial charge in [0.2, 0.25) is 0 Å². The number of halogens is 1. The summed E-state index contributed by atoms with van der Waals surface area (Å²) in [5.41, 5.74) is 2.28. The number of aliphatic hydroxyl groups excluding tert-OH is 1. The quantitative estimate of drug-likeness (QED) is 0.872. The molecule has 0 aliphatic carbocycles. The standard InChI is InChI=1S/C19H23ClN2O2/c1-14(23)13-24-16-7-8-18(17(20)11-16)22-10-9-21-12-19(22)15-5-3-2-4-6-15/h2-8,11,14,19,21,23H,9-10,12-13H2,1H3/t14-,19-/m0/s1. The van der Waals surface area contributed by atoms with Gasteiger partial charge in [-0.25, -0.2) is 0 Å². The van der Waals surface area contributed by atoms with Crippen LogP contribution in [0.4, 0.5) is 5.69 Å². The Balaban J connectivity index is 1.83. The summed E-state index contributed by atoms with van der Waals surface area (Å²) in [6.07, 6.45) is -0.501. The second kappa shape index (κ2) is 7.88. The predicted molar refractivity (Wildman–Crippen MR) is 98.0 cm³/mol. The monoisotopic (exact) mass is 346 g/mol. The number of piperazine rings is 1. The molecule has 1 aliphatic rings. The molecule has 0 aromatic heterocycles. The highest BCUT2D eigenvalue weighted by molar-refractivity contribution is 6.33. The first-order valence-electron chi connectivity index (χ1n) is 8.28.